The molecule has 1 atom stereocenters. The molecule has 0 bridgehead atoms. The van der Waals surface area contributed by atoms with Crippen molar-refractivity contribution in [3.05, 3.63) is 0 Å². The molecule has 84 valence electrons. The summed E-state index contributed by atoms with van der Waals surface area (Å²) in [5, 5.41) is -4.85. The molecule has 14 heavy (non-hydrogen) atoms. The highest BCUT2D eigenvalue weighted by Crippen LogP contribution is 2.27. The molecule has 0 amide bonds. The Morgan fingerprint density at radius 1 is 1.57 bits per heavy atom. The van der Waals surface area contributed by atoms with Gasteiger partial charge in [0.25, 0.3) is 0 Å². The van der Waals surface area contributed by atoms with E-state index in [9.17, 15) is 26.4 Å². The van der Waals surface area contributed by atoms with Crippen molar-refractivity contribution in [1.82, 2.24) is 0 Å². The number of hydrogen-bond acceptors (Lipinski definition) is 4. The lowest BCUT2D eigenvalue weighted by Gasteiger charge is -2.20. The first kappa shape index (κ1) is 13.2. The Morgan fingerprint density at radius 3 is 2.21 bits per heavy atom. The molecule has 0 heterocycles. The predicted molar refractivity (Wildman–Crippen MR) is 38.0 cm³/mol. The molecular formula is C5H7F3O5S. The van der Waals surface area contributed by atoms with E-state index in [0.29, 0.717) is 6.92 Å². The second-order valence-corrected chi connectivity index (χ2v) is 3.78. The lowest BCUT2D eigenvalue weighted by molar-refractivity contribution is -0.160. The highest BCUT2D eigenvalue weighted by Gasteiger charge is 2.54. The van der Waals surface area contributed by atoms with Gasteiger partial charge in [0, 0.05) is 6.92 Å². The minimum absolute atomic E-state index is 0.697. The smallest absolute Gasteiger partial charge is 0.408 e. The summed E-state index contributed by atoms with van der Waals surface area (Å²) < 4.78 is 69.0. The SMILES string of the molecule is CC(=O)OC(CF)C(F)(F)S(=O)(=O)O. The van der Waals surface area contributed by atoms with E-state index in [0.717, 1.165) is 0 Å². The number of ether oxygens (including phenoxy) is 1. The summed E-state index contributed by atoms with van der Waals surface area (Å²) in [6, 6.07) is 0. The topological polar surface area (TPSA) is 80.7 Å². The third-order valence-corrected chi connectivity index (χ3v) is 2.12. The molecule has 0 fully saturated rings. The van der Waals surface area contributed by atoms with Crippen molar-refractivity contribution in [2.45, 2.75) is 18.3 Å². The molecule has 1 unspecified atom stereocenters. The van der Waals surface area contributed by atoms with Gasteiger partial charge in [-0.2, -0.15) is 17.2 Å². The summed E-state index contributed by atoms with van der Waals surface area (Å²) in [6.45, 7) is -1.23. The minimum Gasteiger partial charge on any atom is -0.452 e. The molecule has 9 heteroatoms. The number of halogens is 3. The third-order valence-electron chi connectivity index (χ3n) is 1.17. The van der Waals surface area contributed by atoms with Crippen LogP contribution < -0.4 is 0 Å². The van der Waals surface area contributed by atoms with Crippen LogP contribution in [0, 0.1) is 0 Å². The Labute approximate surface area is 77.6 Å². The van der Waals surface area contributed by atoms with Gasteiger partial charge < -0.3 is 4.74 Å². The van der Waals surface area contributed by atoms with Crippen LogP contribution in [0.5, 0.6) is 0 Å². The number of hydrogen-bond donors (Lipinski definition) is 1. The summed E-state index contributed by atoms with van der Waals surface area (Å²) in [7, 11) is -5.81. The average molecular weight is 236 g/mol. The summed E-state index contributed by atoms with van der Waals surface area (Å²) in [6.07, 6.45) is -2.84. The van der Waals surface area contributed by atoms with Crippen molar-refractivity contribution in [1.29, 1.82) is 0 Å². The van der Waals surface area contributed by atoms with E-state index in [-0.39, 0.29) is 0 Å². The first-order valence-electron chi connectivity index (χ1n) is 3.21. The molecule has 0 saturated heterocycles. The van der Waals surface area contributed by atoms with Crippen molar-refractivity contribution in [3.63, 3.8) is 0 Å². The van der Waals surface area contributed by atoms with E-state index in [4.69, 9.17) is 4.55 Å². The van der Waals surface area contributed by atoms with Crippen LogP contribution in [0.25, 0.3) is 0 Å². The van der Waals surface area contributed by atoms with Gasteiger partial charge in [0.2, 0.25) is 6.10 Å². The molecule has 0 saturated carbocycles. The molecule has 0 rings (SSSR count). The molecule has 0 aliphatic carbocycles. The van der Waals surface area contributed by atoms with E-state index >= 15 is 0 Å². The molecule has 5 nitrogen and oxygen atoms in total. The van der Waals surface area contributed by atoms with Crippen molar-refractivity contribution in [2.75, 3.05) is 6.67 Å². The molecular weight excluding hydrogens is 229 g/mol. The second-order valence-electron chi connectivity index (χ2n) is 2.29. The van der Waals surface area contributed by atoms with Crippen molar-refractivity contribution in [3.8, 4) is 0 Å². The lowest BCUT2D eigenvalue weighted by atomic mass is 10.4. The van der Waals surface area contributed by atoms with Gasteiger partial charge >= 0.3 is 21.3 Å². The maximum atomic E-state index is 12.6. The first-order valence-corrected chi connectivity index (χ1v) is 4.65. The van der Waals surface area contributed by atoms with E-state index in [1.165, 1.54) is 0 Å². The van der Waals surface area contributed by atoms with Crippen LogP contribution in [0.3, 0.4) is 0 Å². The van der Waals surface area contributed by atoms with Crippen LogP contribution in [-0.2, 0) is 19.6 Å². The molecule has 0 aliphatic heterocycles. The molecule has 0 radical (unpaired) electrons. The summed E-state index contributed by atoms with van der Waals surface area (Å²) in [5.41, 5.74) is 0. The van der Waals surface area contributed by atoms with Crippen molar-refractivity contribution in [2.24, 2.45) is 0 Å². The van der Waals surface area contributed by atoms with Crippen LogP contribution in [0.1, 0.15) is 6.92 Å². The Hall–Kier alpha value is -0.830. The fraction of sp³-hybridized carbons (Fsp3) is 0.800. The summed E-state index contributed by atoms with van der Waals surface area (Å²) in [5.74, 6) is -1.28. The molecule has 0 aromatic heterocycles. The quantitative estimate of drug-likeness (QED) is 0.563. The molecule has 0 aliphatic rings. The van der Waals surface area contributed by atoms with E-state index in [2.05, 4.69) is 4.74 Å². The number of carbonyl (C=O) groups is 1. The number of carbonyl (C=O) groups excluding carboxylic acids is 1. The summed E-state index contributed by atoms with van der Waals surface area (Å²) >= 11 is 0. The standard InChI is InChI=1S/C5H7F3O5S/c1-3(9)13-4(2-6)5(7,8)14(10,11)12/h4H,2H2,1H3,(H,10,11,12). The zero-order valence-electron chi connectivity index (χ0n) is 6.91. The Bertz CT molecular complexity index is 311. The Morgan fingerprint density at radius 2 is 2.00 bits per heavy atom. The summed E-state index contributed by atoms with van der Waals surface area (Å²) in [4.78, 5) is 10.2. The van der Waals surface area contributed by atoms with Gasteiger partial charge in [-0.3, -0.25) is 9.35 Å². The van der Waals surface area contributed by atoms with Gasteiger partial charge in [-0.15, -0.1) is 0 Å². The van der Waals surface area contributed by atoms with Crippen molar-refractivity contribution < 1.29 is 35.7 Å². The van der Waals surface area contributed by atoms with Gasteiger partial charge in [-0.05, 0) is 0 Å². The fourth-order valence-corrected chi connectivity index (χ4v) is 1.000. The van der Waals surface area contributed by atoms with E-state index < -0.39 is 34.1 Å². The van der Waals surface area contributed by atoms with Gasteiger partial charge in [0.05, 0.1) is 0 Å². The molecule has 0 aromatic rings. The van der Waals surface area contributed by atoms with E-state index in [1.54, 1.807) is 0 Å². The number of alkyl halides is 3. The highest BCUT2D eigenvalue weighted by atomic mass is 32.2. The highest BCUT2D eigenvalue weighted by molar-refractivity contribution is 7.86. The Balaban J connectivity index is 4.93. The lowest BCUT2D eigenvalue weighted by Crippen LogP contribution is -2.44. The normalized spacial score (nSPS) is 14.9. The van der Waals surface area contributed by atoms with Gasteiger partial charge in [0.15, 0.2) is 0 Å². The molecule has 0 aromatic carbocycles. The van der Waals surface area contributed by atoms with Gasteiger partial charge in [-0.1, -0.05) is 0 Å². The zero-order chi connectivity index (χ0) is 11.6. The number of rotatable bonds is 4. The molecule has 1 N–H and O–H groups in total. The molecule has 0 spiro atoms. The minimum atomic E-state index is -5.81. The first-order chi connectivity index (χ1) is 6.13. The number of esters is 1. The van der Waals surface area contributed by atoms with Crippen LogP contribution >= 0.6 is 0 Å². The maximum Gasteiger partial charge on any atom is 0.408 e. The third kappa shape index (κ3) is 2.84. The second kappa shape index (κ2) is 4.13. The zero-order valence-corrected chi connectivity index (χ0v) is 7.72. The predicted octanol–water partition coefficient (Wildman–Crippen LogP) is 0.368. The van der Waals surface area contributed by atoms with E-state index in [1.807, 2.05) is 0 Å². The van der Waals surface area contributed by atoms with Crippen LogP contribution in [0.4, 0.5) is 13.2 Å². The fourth-order valence-electron chi connectivity index (χ4n) is 0.556. The monoisotopic (exact) mass is 236 g/mol. The van der Waals surface area contributed by atoms with Crippen molar-refractivity contribution >= 4 is 16.1 Å². The maximum absolute atomic E-state index is 12.6. The van der Waals surface area contributed by atoms with Gasteiger partial charge in [0.1, 0.15) is 6.67 Å². The Kier molecular flexibility index (Phi) is 3.89. The average Bonchev–Trinajstić information content (AvgIpc) is 1.97. The van der Waals surface area contributed by atoms with Crippen LogP contribution in [-0.4, -0.2) is 37.0 Å². The largest absolute Gasteiger partial charge is 0.452 e. The van der Waals surface area contributed by atoms with Crippen LogP contribution in [0.15, 0.2) is 0 Å². The van der Waals surface area contributed by atoms with Gasteiger partial charge in [-0.25, -0.2) is 4.39 Å². The van der Waals surface area contributed by atoms with Crippen LogP contribution in [0.2, 0.25) is 0 Å².